The second kappa shape index (κ2) is 26.0. The minimum Gasteiger partial charge on any atom is -0.0619 e. The molecule has 0 unspecified atom stereocenters. The molecule has 5 aliphatic rings. The second-order valence-corrected chi connectivity index (χ2v) is 36.2. The maximum Gasteiger partial charge on any atom is 0.0725 e. The van der Waals surface area contributed by atoms with E-state index >= 15 is 0 Å². The maximum absolute atomic E-state index is 2.54. The van der Waals surface area contributed by atoms with Gasteiger partial charge in [-0.1, -0.05) is 418 Å². The lowest BCUT2D eigenvalue weighted by atomic mass is 9.70. The Morgan fingerprint density at radius 1 is 0.139 bits per heavy atom. The summed E-state index contributed by atoms with van der Waals surface area (Å²) in [6.07, 6.45) is 0. The van der Waals surface area contributed by atoms with Crippen LogP contribution in [0.3, 0.4) is 0 Å². The van der Waals surface area contributed by atoms with Crippen molar-refractivity contribution in [1.29, 1.82) is 0 Å². The summed E-state index contributed by atoms with van der Waals surface area (Å²) in [7, 11) is 0. The SMILES string of the molecule is CC1(C)c2ccc3ccccc3c2-c2cccc(-c3cccc(-c4c5ccccc5c(-c5ccc6c(c5)C5(c7ccccc7-c7ccccc75)c5ccccc5-6)c5ccccc45)c3)c21.CC1(C)c2ccccc2-c2c1cc(-c1c3ccccc3c(-c3cccc(-c4cccc5c4C(C)(C)c4ccc6ccccc6c4-5)c3)c3ccccc13)c1ccccc21. The smallest absolute Gasteiger partial charge is 0.0619 e. The van der Waals surface area contributed by atoms with Crippen LogP contribution in [-0.2, 0) is 21.7 Å². The van der Waals surface area contributed by atoms with Crippen molar-refractivity contribution in [1.82, 2.24) is 0 Å². The van der Waals surface area contributed by atoms with Crippen LogP contribution in [0.1, 0.15) is 97.2 Å². The molecule has 0 saturated heterocycles. The van der Waals surface area contributed by atoms with E-state index < -0.39 is 5.41 Å². The third-order valence-corrected chi connectivity index (χ3v) is 29.1. The highest BCUT2D eigenvalue weighted by Crippen LogP contribution is 2.65. The zero-order valence-corrected chi connectivity index (χ0v) is 69.1. The minimum absolute atomic E-state index is 0.114. The zero-order valence-electron chi connectivity index (χ0n) is 69.1. The minimum atomic E-state index is -0.401. The maximum atomic E-state index is 2.54. The molecule has 572 valence electrons. The standard InChI is InChI=1S/C64H42.C58H42/c1-63(2)57-36-34-39-17-3-4-20-43(39)61(57)53-29-16-28-44(62(53)63)40-18-15-19-41(37-40)59-49-24-5-7-26-51(49)60(52-27-8-6-25-50(52)59)42-33-35-48-47-23-11-14-32-56(47)64(58(48)38-42)54-30-12-9-21-45(54)46-22-10-13-31-55(46)64;1-57(2)49-30-14-13-27-46(49)55-41-22-8-7-21-40(41)48(34-51(55)57)53-44-25-11-9-23-42(44)52(43-24-10-12-26-45(43)53)37-19-15-18-36(33-37)39-28-16-29-47-54-38-20-6-5-17-35(38)31-32-50(54)58(3,4)56(39)47/h3-38H,1-2H3;5-34H,1-4H3. The Kier molecular flexibility index (Phi) is 15.0. The van der Waals surface area contributed by atoms with Crippen LogP contribution in [0.5, 0.6) is 0 Å². The summed E-state index contributed by atoms with van der Waals surface area (Å²) in [6.45, 7) is 14.4. The lowest BCUT2D eigenvalue weighted by Gasteiger charge is -2.31. The molecule has 0 amide bonds. The third-order valence-electron chi connectivity index (χ3n) is 29.1. The molecule has 5 aliphatic carbocycles. The van der Waals surface area contributed by atoms with Crippen LogP contribution in [-0.4, -0.2) is 0 Å². The van der Waals surface area contributed by atoms with Gasteiger partial charge < -0.3 is 0 Å². The molecular weight excluding hydrogens is 1470 g/mol. The molecule has 0 fully saturated rings. The van der Waals surface area contributed by atoms with E-state index in [4.69, 9.17) is 0 Å². The molecule has 0 aromatic heterocycles. The zero-order chi connectivity index (χ0) is 81.2. The van der Waals surface area contributed by atoms with Crippen molar-refractivity contribution in [3.8, 4) is 122 Å². The average Bonchev–Trinajstić information content (AvgIpc) is 1.50. The van der Waals surface area contributed by atoms with E-state index in [-0.39, 0.29) is 16.2 Å². The quantitative estimate of drug-likeness (QED) is 0.146. The van der Waals surface area contributed by atoms with E-state index in [0.29, 0.717) is 0 Å². The Balaban J connectivity index is 0.000000135. The lowest BCUT2D eigenvalue weighted by molar-refractivity contribution is 0.661. The van der Waals surface area contributed by atoms with Gasteiger partial charge in [-0.15, -0.1) is 0 Å². The van der Waals surface area contributed by atoms with Crippen molar-refractivity contribution < 1.29 is 0 Å². The molecule has 122 heavy (non-hydrogen) atoms. The van der Waals surface area contributed by atoms with Gasteiger partial charge in [0.1, 0.15) is 0 Å². The molecule has 0 atom stereocenters. The molecule has 0 radical (unpaired) electrons. The van der Waals surface area contributed by atoms with Crippen LogP contribution in [0, 0.1) is 0 Å². The van der Waals surface area contributed by atoms with Gasteiger partial charge in [-0.3, -0.25) is 0 Å². The van der Waals surface area contributed by atoms with Gasteiger partial charge in [-0.25, -0.2) is 0 Å². The van der Waals surface area contributed by atoms with Gasteiger partial charge >= 0.3 is 0 Å². The van der Waals surface area contributed by atoms with Crippen LogP contribution >= 0.6 is 0 Å². The van der Waals surface area contributed by atoms with Crippen LogP contribution in [0.15, 0.2) is 400 Å². The fraction of sp³-hybridized carbons (Fsp3) is 0.0820. The molecular formula is C122H84. The normalized spacial score (nSPS) is 14.4. The number of fused-ring (bicyclic) bond motifs is 29. The van der Waals surface area contributed by atoms with Gasteiger partial charge in [0.25, 0.3) is 0 Å². The number of rotatable bonds is 6. The van der Waals surface area contributed by atoms with Gasteiger partial charge in [0, 0.05) is 16.2 Å². The highest BCUT2D eigenvalue weighted by molar-refractivity contribution is 6.26. The van der Waals surface area contributed by atoms with E-state index in [0.717, 1.165) is 0 Å². The molecule has 0 nitrogen and oxygen atoms in total. The van der Waals surface area contributed by atoms with Crippen molar-refractivity contribution in [2.75, 3.05) is 0 Å². The van der Waals surface area contributed by atoms with Gasteiger partial charge in [0.15, 0.2) is 0 Å². The Bertz CT molecular complexity index is 7990. The Hall–Kier alpha value is -14.6. The summed E-state index contributed by atoms with van der Waals surface area (Å²) in [4.78, 5) is 0. The first kappa shape index (κ1) is 70.5. The first-order valence-corrected chi connectivity index (χ1v) is 43.4. The highest BCUT2D eigenvalue weighted by Gasteiger charge is 2.52. The lowest BCUT2D eigenvalue weighted by Crippen LogP contribution is -2.25. The van der Waals surface area contributed by atoms with Crippen LogP contribution in [0.2, 0.25) is 0 Å². The number of hydrogen-bond acceptors (Lipinski definition) is 0. The summed E-state index contributed by atoms with van der Waals surface area (Å²) in [6, 6.07) is 151. The van der Waals surface area contributed by atoms with Crippen LogP contribution in [0.25, 0.3) is 198 Å². The fourth-order valence-corrected chi connectivity index (χ4v) is 24.0. The number of hydrogen-bond donors (Lipinski definition) is 0. The Morgan fingerprint density at radius 2 is 0.443 bits per heavy atom. The molecule has 0 heterocycles. The van der Waals surface area contributed by atoms with Gasteiger partial charge in [0.2, 0.25) is 0 Å². The van der Waals surface area contributed by atoms with Gasteiger partial charge in [-0.05, 0) is 278 Å². The monoisotopic (exact) mass is 1550 g/mol. The summed E-state index contributed by atoms with van der Waals surface area (Å²) in [5, 5.41) is 18.0. The Morgan fingerprint density at radius 3 is 0.877 bits per heavy atom. The topological polar surface area (TPSA) is 0 Å². The average molecular weight is 1550 g/mol. The third kappa shape index (κ3) is 9.64. The van der Waals surface area contributed by atoms with Gasteiger partial charge in [-0.2, -0.15) is 0 Å². The van der Waals surface area contributed by atoms with Crippen molar-refractivity contribution in [3.05, 3.63) is 456 Å². The van der Waals surface area contributed by atoms with Crippen molar-refractivity contribution >= 4 is 75.4 Å². The fourth-order valence-electron chi connectivity index (χ4n) is 24.0. The highest BCUT2D eigenvalue weighted by atomic mass is 14.5. The van der Waals surface area contributed by atoms with E-state index in [1.54, 1.807) is 0 Å². The molecule has 21 aromatic rings. The largest absolute Gasteiger partial charge is 0.0725 e. The molecule has 21 aromatic carbocycles. The van der Waals surface area contributed by atoms with E-state index in [2.05, 4.69) is 442 Å². The van der Waals surface area contributed by atoms with Crippen molar-refractivity contribution in [2.45, 2.75) is 63.2 Å². The van der Waals surface area contributed by atoms with Crippen LogP contribution < -0.4 is 0 Å². The molecule has 0 bridgehead atoms. The van der Waals surface area contributed by atoms with Crippen molar-refractivity contribution in [3.63, 3.8) is 0 Å². The van der Waals surface area contributed by atoms with Crippen molar-refractivity contribution in [2.24, 2.45) is 0 Å². The van der Waals surface area contributed by atoms with E-state index in [1.165, 1.54) is 253 Å². The second-order valence-electron chi connectivity index (χ2n) is 36.2. The molecule has 26 rings (SSSR count). The van der Waals surface area contributed by atoms with Crippen LogP contribution in [0.4, 0.5) is 0 Å². The number of benzene rings is 21. The Labute approximate surface area is 712 Å². The summed E-state index contributed by atoms with van der Waals surface area (Å²) >= 11 is 0. The van der Waals surface area contributed by atoms with E-state index in [1.807, 2.05) is 0 Å². The van der Waals surface area contributed by atoms with Gasteiger partial charge in [0.05, 0.1) is 5.41 Å². The predicted molar refractivity (Wildman–Crippen MR) is 517 cm³/mol. The summed E-state index contributed by atoms with van der Waals surface area (Å²) in [5.74, 6) is 0. The molecule has 0 heteroatoms. The molecule has 0 saturated carbocycles. The van der Waals surface area contributed by atoms with E-state index in [9.17, 15) is 0 Å². The predicted octanol–water partition coefficient (Wildman–Crippen LogP) is 32.7. The molecule has 0 N–H and O–H groups in total. The first-order chi connectivity index (χ1) is 59.8. The molecule has 0 aliphatic heterocycles. The molecule has 1 spiro atoms. The summed E-state index contributed by atoms with van der Waals surface area (Å²) in [5.41, 5.74) is 41.9. The summed E-state index contributed by atoms with van der Waals surface area (Å²) < 4.78 is 0. The first-order valence-electron chi connectivity index (χ1n) is 43.4.